The average molecular weight is 729 g/mol. The van der Waals surface area contributed by atoms with Crippen molar-refractivity contribution in [3.05, 3.63) is 241 Å². The van der Waals surface area contributed by atoms with Crippen LogP contribution < -0.4 is 4.90 Å². The van der Waals surface area contributed by atoms with Crippen LogP contribution in [-0.2, 0) is 5.41 Å². The molecule has 1 unspecified atom stereocenters. The van der Waals surface area contributed by atoms with E-state index in [1.165, 1.54) is 66.3 Å². The molecule has 1 aromatic heterocycles. The number of anilines is 3. The summed E-state index contributed by atoms with van der Waals surface area (Å²) in [7, 11) is 0. The summed E-state index contributed by atoms with van der Waals surface area (Å²) in [6.07, 6.45) is 9.31. The van der Waals surface area contributed by atoms with Crippen molar-refractivity contribution in [1.29, 1.82) is 0 Å². The van der Waals surface area contributed by atoms with Crippen molar-refractivity contribution < 1.29 is 0 Å². The fourth-order valence-corrected chi connectivity index (χ4v) is 9.62. The molecule has 0 spiro atoms. The zero-order valence-electron chi connectivity index (χ0n) is 31.6. The molecule has 0 N–H and O–H groups in total. The molecule has 0 saturated carbocycles. The Hall–Kier alpha value is -7.16. The van der Waals surface area contributed by atoms with E-state index in [0.29, 0.717) is 0 Å². The molecule has 9 aromatic rings. The molecule has 2 nitrogen and oxygen atoms in total. The van der Waals surface area contributed by atoms with Gasteiger partial charge in [-0.25, -0.2) is 0 Å². The van der Waals surface area contributed by atoms with Crippen molar-refractivity contribution >= 4 is 38.9 Å². The van der Waals surface area contributed by atoms with Gasteiger partial charge in [-0.15, -0.1) is 0 Å². The molecule has 0 fully saturated rings. The smallest absolute Gasteiger partial charge is 0.0710 e. The van der Waals surface area contributed by atoms with Gasteiger partial charge >= 0.3 is 0 Å². The molecule has 8 aromatic carbocycles. The minimum absolute atomic E-state index is 0.400. The van der Waals surface area contributed by atoms with E-state index in [0.717, 1.165) is 35.6 Å². The zero-order valence-corrected chi connectivity index (χ0v) is 31.6. The lowest BCUT2D eigenvalue weighted by atomic mass is 9.66. The standard InChI is InChI=1S/C55H40N2/c1-5-17-39(18-6-1)40-29-31-44(32-30-40)56(46-34-36-54-50(38-46)48-26-14-16-28-53(48)57(54)43-23-11-4-12-24-43)45-33-35-52-49(37-45)47-25-13-15-27-51(47)55(52,41-19-7-2-8-20-41)42-21-9-3-10-22-42/h1-2,4-9,11-38H,3,10H2. The molecule has 0 radical (unpaired) electrons. The van der Waals surface area contributed by atoms with E-state index in [2.05, 4.69) is 228 Å². The van der Waals surface area contributed by atoms with Crippen LogP contribution in [0.2, 0.25) is 0 Å². The van der Waals surface area contributed by atoms with Crippen molar-refractivity contribution in [2.24, 2.45) is 0 Å². The number of aromatic nitrogens is 1. The number of allylic oxidation sites excluding steroid dienone is 4. The van der Waals surface area contributed by atoms with E-state index in [1.54, 1.807) is 0 Å². The number of rotatable bonds is 7. The van der Waals surface area contributed by atoms with Crippen LogP contribution in [-0.4, -0.2) is 4.57 Å². The fourth-order valence-electron chi connectivity index (χ4n) is 9.62. The van der Waals surface area contributed by atoms with Gasteiger partial charge in [0.2, 0.25) is 0 Å². The van der Waals surface area contributed by atoms with Crippen LogP contribution in [0.25, 0.3) is 49.7 Å². The number of hydrogen-bond acceptors (Lipinski definition) is 1. The Morgan fingerprint density at radius 1 is 0.439 bits per heavy atom. The maximum Gasteiger partial charge on any atom is 0.0710 e. The maximum atomic E-state index is 2.47. The van der Waals surface area contributed by atoms with E-state index in [4.69, 9.17) is 0 Å². The molecule has 1 heterocycles. The van der Waals surface area contributed by atoms with Crippen LogP contribution in [0.3, 0.4) is 0 Å². The molecular weight excluding hydrogens is 689 g/mol. The lowest BCUT2D eigenvalue weighted by Gasteiger charge is -2.36. The number of nitrogens with zero attached hydrogens (tertiary/aromatic N) is 2. The van der Waals surface area contributed by atoms with Gasteiger partial charge in [0.1, 0.15) is 0 Å². The molecule has 0 amide bonds. The zero-order chi connectivity index (χ0) is 37.8. The first kappa shape index (κ1) is 33.2. The topological polar surface area (TPSA) is 8.17 Å². The third-order valence-electron chi connectivity index (χ3n) is 12.1. The average Bonchev–Trinajstić information content (AvgIpc) is 3.78. The summed E-state index contributed by atoms with van der Waals surface area (Å²) in [6.45, 7) is 0. The number of fused-ring (bicyclic) bond motifs is 6. The SMILES string of the molecule is C1=CC(C2(c3ccccc3)c3ccccc3-c3cc(N(c4ccc(-c5ccccc5)cc4)c4ccc5c(c4)c4ccccc4n5-c4ccccc4)ccc32)=CCC1. The van der Waals surface area contributed by atoms with Crippen LogP contribution in [0, 0.1) is 0 Å². The van der Waals surface area contributed by atoms with Crippen molar-refractivity contribution in [2.75, 3.05) is 4.90 Å². The first-order chi connectivity index (χ1) is 28.3. The van der Waals surface area contributed by atoms with Gasteiger partial charge in [0, 0.05) is 33.5 Å². The molecular formula is C55H40N2. The predicted molar refractivity (Wildman–Crippen MR) is 239 cm³/mol. The summed E-state index contributed by atoms with van der Waals surface area (Å²) in [6, 6.07) is 73.5. The van der Waals surface area contributed by atoms with E-state index in [9.17, 15) is 0 Å². The minimum atomic E-state index is -0.400. The van der Waals surface area contributed by atoms with Crippen molar-refractivity contribution in [2.45, 2.75) is 18.3 Å². The second-order valence-electron chi connectivity index (χ2n) is 15.2. The Labute approximate surface area is 333 Å². The van der Waals surface area contributed by atoms with Gasteiger partial charge in [-0.05, 0) is 118 Å². The van der Waals surface area contributed by atoms with Crippen molar-refractivity contribution in [1.82, 2.24) is 4.57 Å². The summed E-state index contributed by atoms with van der Waals surface area (Å²) in [5, 5.41) is 2.46. The normalized spacial score (nSPS) is 15.7. The molecule has 2 aliphatic carbocycles. The van der Waals surface area contributed by atoms with Crippen molar-refractivity contribution in [3.8, 4) is 27.9 Å². The molecule has 57 heavy (non-hydrogen) atoms. The largest absolute Gasteiger partial charge is 0.310 e. The van der Waals surface area contributed by atoms with Crippen LogP contribution in [0.5, 0.6) is 0 Å². The van der Waals surface area contributed by atoms with Gasteiger partial charge in [-0.1, -0.05) is 158 Å². The quantitative estimate of drug-likeness (QED) is 0.159. The van der Waals surface area contributed by atoms with Crippen LogP contribution in [0.4, 0.5) is 17.1 Å². The highest BCUT2D eigenvalue weighted by atomic mass is 15.1. The van der Waals surface area contributed by atoms with Crippen LogP contribution in [0.1, 0.15) is 29.5 Å². The molecule has 1 atom stereocenters. The Morgan fingerprint density at radius 3 is 1.84 bits per heavy atom. The number of para-hydroxylation sites is 2. The van der Waals surface area contributed by atoms with Gasteiger partial charge in [-0.3, -0.25) is 0 Å². The van der Waals surface area contributed by atoms with Crippen LogP contribution >= 0.6 is 0 Å². The third-order valence-corrected chi connectivity index (χ3v) is 12.1. The second kappa shape index (κ2) is 13.5. The summed E-state index contributed by atoms with van der Waals surface area (Å²) in [4.78, 5) is 2.44. The summed E-state index contributed by atoms with van der Waals surface area (Å²) >= 11 is 0. The molecule has 0 saturated heterocycles. The molecule has 11 rings (SSSR count). The maximum absolute atomic E-state index is 2.47. The van der Waals surface area contributed by atoms with E-state index in [1.807, 2.05) is 0 Å². The highest BCUT2D eigenvalue weighted by molar-refractivity contribution is 6.10. The fraction of sp³-hybridized carbons (Fsp3) is 0.0545. The van der Waals surface area contributed by atoms with E-state index >= 15 is 0 Å². The predicted octanol–water partition coefficient (Wildman–Crippen LogP) is 14.5. The molecule has 0 aliphatic heterocycles. The first-order valence-corrected chi connectivity index (χ1v) is 20.0. The molecule has 2 aliphatic rings. The lowest BCUT2D eigenvalue weighted by molar-refractivity contribution is 0.751. The lowest BCUT2D eigenvalue weighted by Crippen LogP contribution is -2.29. The second-order valence-corrected chi connectivity index (χ2v) is 15.2. The van der Waals surface area contributed by atoms with Gasteiger partial charge in [0.25, 0.3) is 0 Å². The van der Waals surface area contributed by atoms with E-state index in [-0.39, 0.29) is 0 Å². The first-order valence-electron chi connectivity index (χ1n) is 20.0. The Morgan fingerprint density at radius 2 is 1.05 bits per heavy atom. The highest BCUT2D eigenvalue weighted by Crippen LogP contribution is 2.58. The monoisotopic (exact) mass is 728 g/mol. The third kappa shape index (κ3) is 5.25. The van der Waals surface area contributed by atoms with Crippen molar-refractivity contribution in [3.63, 3.8) is 0 Å². The Balaban J connectivity index is 1.14. The molecule has 0 bridgehead atoms. The number of benzene rings is 8. The molecule has 270 valence electrons. The van der Waals surface area contributed by atoms with Gasteiger partial charge in [-0.2, -0.15) is 0 Å². The summed E-state index contributed by atoms with van der Waals surface area (Å²) in [5.74, 6) is 0. The van der Waals surface area contributed by atoms with Gasteiger partial charge in [0.05, 0.1) is 16.4 Å². The minimum Gasteiger partial charge on any atom is -0.310 e. The summed E-state index contributed by atoms with van der Waals surface area (Å²) in [5.41, 5.74) is 16.8. The Kier molecular flexibility index (Phi) is 7.89. The summed E-state index contributed by atoms with van der Waals surface area (Å²) < 4.78 is 2.39. The highest BCUT2D eigenvalue weighted by Gasteiger charge is 2.47. The van der Waals surface area contributed by atoms with Crippen LogP contribution in [0.15, 0.2) is 224 Å². The van der Waals surface area contributed by atoms with E-state index < -0.39 is 5.41 Å². The van der Waals surface area contributed by atoms with Gasteiger partial charge in [0.15, 0.2) is 0 Å². The molecule has 2 heteroatoms. The van der Waals surface area contributed by atoms with Gasteiger partial charge < -0.3 is 9.47 Å². The number of hydrogen-bond donors (Lipinski definition) is 0. The Bertz CT molecular complexity index is 2990.